The third kappa shape index (κ3) is 5.65. The molecule has 1 aromatic carbocycles. The summed E-state index contributed by atoms with van der Waals surface area (Å²) in [5.41, 5.74) is 1.42. The Labute approximate surface area is 230 Å². The summed E-state index contributed by atoms with van der Waals surface area (Å²) < 4.78 is 5.44. The van der Waals surface area contributed by atoms with Gasteiger partial charge in [0, 0.05) is 44.5 Å². The molecule has 8 nitrogen and oxygen atoms in total. The van der Waals surface area contributed by atoms with Crippen molar-refractivity contribution in [3.63, 3.8) is 0 Å². The average Bonchev–Trinajstić information content (AvgIpc) is 3.40. The van der Waals surface area contributed by atoms with Crippen molar-refractivity contribution in [3.8, 4) is 0 Å². The molecule has 2 aromatic rings. The van der Waals surface area contributed by atoms with Crippen LogP contribution in [-0.2, 0) is 9.53 Å². The van der Waals surface area contributed by atoms with E-state index in [-0.39, 0.29) is 29.6 Å². The Morgan fingerprint density at radius 3 is 2.59 bits per heavy atom. The van der Waals surface area contributed by atoms with Gasteiger partial charge in [0.25, 0.3) is 5.91 Å². The largest absolute Gasteiger partial charge is 0.463 e. The zero-order valence-corrected chi connectivity index (χ0v) is 23.3. The number of likely N-dealkylation sites (N-methyl/N-ethyl adjacent to an activating group) is 1. The van der Waals surface area contributed by atoms with Gasteiger partial charge in [0.05, 0.1) is 33.1 Å². The van der Waals surface area contributed by atoms with Gasteiger partial charge in [0.2, 0.25) is 0 Å². The Bertz CT molecular complexity index is 1200. The first kappa shape index (κ1) is 27.4. The second-order valence-corrected chi connectivity index (χ2v) is 10.6. The number of ether oxygens (including phenoxy) is 1. The molecule has 37 heavy (non-hydrogen) atoms. The monoisotopic (exact) mass is 564 g/mol. The van der Waals surface area contributed by atoms with Crippen LogP contribution in [0.25, 0.3) is 0 Å². The molecule has 2 aliphatic heterocycles. The fourth-order valence-electron chi connectivity index (χ4n) is 4.87. The van der Waals surface area contributed by atoms with Gasteiger partial charge in [-0.3, -0.25) is 14.6 Å². The third-order valence-electron chi connectivity index (χ3n) is 6.62. The summed E-state index contributed by atoms with van der Waals surface area (Å²) in [5.74, 6) is -0.493. The van der Waals surface area contributed by atoms with Crippen LogP contribution < -0.4 is 5.32 Å². The van der Waals surface area contributed by atoms with Gasteiger partial charge < -0.3 is 15.0 Å². The number of carbonyl (C=O) groups is 3. The zero-order chi connectivity index (χ0) is 26.7. The fraction of sp³-hybridized carbons (Fsp3) is 0.423. The number of nitrogens with zero attached hydrogens (tertiary/aromatic N) is 3. The maximum absolute atomic E-state index is 13.3. The van der Waals surface area contributed by atoms with Gasteiger partial charge in [-0.05, 0) is 43.8 Å². The number of thiophene rings is 1. The number of esters is 1. The van der Waals surface area contributed by atoms with E-state index in [9.17, 15) is 14.4 Å². The molecule has 1 fully saturated rings. The molecule has 11 heteroatoms. The molecule has 4 rings (SSSR count). The molecule has 1 aromatic heterocycles. The first-order valence-corrected chi connectivity index (χ1v) is 13.9. The molecule has 2 aliphatic rings. The van der Waals surface area contributed by atoms with E-state index in [0.717, 1.165) is 4.88 Å². The molecule has 0 saturated carbocycles. The molecule has 0 unspecified atom stereocenters. The highest BCUT2D eigenvalue weighted by molar-refractivity contribution is 7.12. The second kappa shape index (κ2) is 11.9. The van der Waals surface area contributed by atoms with Gasteiger partial charge in [-0.2, -0.15) is 0 Å². The van der Waals surface area contributed by atoms with Gasteiger partial charge in [0.1, 0.15) is 0 Å². The van der Waals surface area contributed by atoms with Gasteiger partial charge in [0.15, 0.2) is 0 Å². The molecule has 1 saturated heterocycles. The van der Waals surface area contributed by atoms with Crippen LogP contribution in [0.5, 0.6) is 0 Å². The summed E-state index contributed by atoms with van der Waals surface area (Å²) in [6, 6.07) is 7.66. The van der Waals surface area contributed by atoms with E-state index in [0.29, 0.717) is 54.6 Å². The average molecular weight is 566 g/mol. The molecule has 1 N–H and O–H groups in total. The Kier molecular flexibility index (Phi) is 8.79. The third-order valence-corrected chi connectivity index (χ3v) is 8.31. The minimum Gasteiger partial charge on any atom is -0.463 e. The molecule has 0 aliphatic carbocycles. The van der Waals surface area contributed by atoms with E-state index in [4.69, 9.17) is 27.9 Å². The van der Waals surface area contributed by atoms with Crippen molar-refractivity contribution in [1.82, 2.24) is 20.0 Å². The van der Waals surface area contributed by atoms with Crippen LogP contribution in [0.3, 0.4) is 0 Å². The summed E-state index contributed by atoms with van der Waals surface area (Å²) in [6.45, 7) is 8.24. The summed E-state index contributed by atoms with van der Waals surface area (Å²) >= 11 is 14.2. The van der Waals surface area contributed by atoms with Crippen molar-refractivity contribution in [1.29, 1.82) is 0 Å². The molecular formula is C26H30Cl2N4O4S. The normalized spacial score (nSPS) is 20.7. The molecule has 0 spiro atoms. The maximum Gasteiger partial charge on any atom is 0.338 e. The van der Waals surface area contributed by atoms with Gasteiger partial charge in [-0.1, -0.05) is 41.4 Å². The molecule has 198 valence electrons. The molecule has 3 amide bonds. The first-order chi connectivity index (χ1) is 17.8. The van der Waals surface area contributed by atoms with Crippen molar-refractivity contribution in [3.05, 3.63) is 67.5 Å². The van der Waals surface area contributed by atoms with Crippen LogP contribution >= 0.6 is 34.5 Å². The number of halogens is 2. The van der Waals surface area contributed by atoms with Crippen LogP contribution in [0, 0.1) is 0 Å². The lowest BCUT2D eigenvalue weighted by Crippen LogP contribution is -2.56. The van der Waals surface area contributed by atoms with Crippen LogP contribution in [-0.4, -0.2) is 78.0 Å². The quantitative estimate of drug-likeness (QED) is 0.488. The lowest BCUT2D eigenvalue weighted by atomic mass is 9.93. The highest BCUT2D eigenvalue weighted by Gasteiger charge is 2.40. The number of nitrogens with one attached hydrogen (secondary N) is 1. The van der Waals surface area contributed by atoms with E-state index in [1.165, 1.54) is 11.3 Å². The summed E-state index contributed by atoms with van der Waals surface area (Å²) in [4.78, 5) is 45.8. The summed E-state index contributed by atoms with van der Waals surface area (Å²) in [5, 5.41) is 5.42. The number of piperazine rings is 1. The predicted octanol–water partition coefficient (Wildman–Crippen LogP) is 4.80. The Morgan fingerprint density at radius 1 is 1.16 bits per heavy atom. The predicted molar refractivity (Wildman–Crippen MR) is 145 cm³/mol. The standard InChI is InChI=1S/C26H30Cl2N4O4S/c1-4-31-19(15-30-11-12-32(16(3)14-30)24(33)20-10-7-13-37-20)21(25(34)36-5-2)23(29-26(31)35)17-8-6-9-18(27)22(17)28/h6-10,13,16,23H,4-5,11-12,14-15H2,1-3H3,(H,29,35)/t16-,23+/m0/s1. The topological polar surface area (TPSA) is 82.2 Å². The van der Waals surface area contributed by atoms with Crippen LogP contribution in [0.2, 0.25) is 10.0 Å². The summed E-state index contributed by atoms with van der Waals surface area (Å²) in [7, 11) is 0. The SMILES string of the molecule is CCOC(=O)C1=C(CN2CCN(C(=O)c3cccs3)[C@@H](C)C2)N(CC)C(=O)N[C@@H]1c1cccc(Cl)c1Cl. The van der Waals surface area contributed by atoms with Crippen molar-refractivity contribution >= 4 is 52.4 Å². The second-order valence-electron chi connectivity index (χ2n) is 8.91. The van der Waals surface area contributed by atoms with Crippen molar-refractivity contribution in [2.75, 3.05) is 39.3 Å². The fourth-order valence-corrected chi connectivity index (χ4v) is 5.96. The lowest BCUT2D eigenvalue weighted by Gasteiger charge is -2.42. The highest BCUT2D eigenvalue weighted by Crippen LogP contribution is 2.38. The number of urea groups is 1. The Morgan fingerprint density at radius 2 is 1.95 bits per heavy atom. The van der Waals surface area contributed by atoms with Crippen molar-refractivity contribution < 1.29 is 19.1 Å². The Balaban J connectivity index is 1.67. The number of amides is 3. The van der Waals surface area contributed by atoms with Crippen LogP contribution in [0.4, 0.5) is 4.79 Å². The van der Waals surface area contributed by atoms with E-state index in [1.807, 2.05) is 36.3 Å². The van der Waals surface area contributed by atoms with E-state index in [2.05, 4.69) is 10.2 Å². The van der Waals surface area contributed by atoms with Crippen LogP contribution in [0.15, 0.2) is 47.0 Å². The van der Waals surface area contributed by atoms with Gasteiger partial charge in [-0.25, -0.2) is 9.59 Å². The minimum atomic E-state index is -0.810. The number of benzene rings is 1. The number of rotatable bonds is 7. The van der Waals surface area contributed by atoms with Gasteiger partial charge >= 0.3 is 12.0 Å². The van der Waals surface area contributed by atoms with E-state index >= 15 is 0 Å². The van der Waals surface area contributed by atoms with Crippen molar-refractivity contribution in [2.24, 2.45) is 0 Å². The smallest absolute Gasteiger partial charge is 0.338 e. The highest BCUT2D eigenvalue weighted by atomic mass is 35.5. The van der Waals surface area contributed by atoms with Crippen molar-refractivity contribution in [2.45, 2.75) is 32.9 Å². The van der Waals surface area contributed by atoms with E-state index in [1.54, 1.807) is 30.0 Å². The molecule has 3 heterocycles. The maximum atomic E-state index is 13.3. The van der Waals surface area contributed by atoms with E-state index < -0.39 is 12.0 Å². The van der Waals surface area contributed by atoms with Crippen LogP contribution in [0.1, 0.15) is 42.0 Å². The molecule has 2 atom stereocenters. The molecule has 0 bridgehead atoms. The lowest BCUT2D eigenvalue weighted by molar-refractivity contribution is -0.139. The number of hydrogen-bond acceptors (Lipinski definition) is 6. The Hall–Kier alpha value is -2.59. The zero-order valence-electron chi connectivity index (χ0n) is 21.0. The first-order valence-electron chi connectivity index (χ1n) is 12.3. The van der Waals surface area contributed by atoms with Gasteiger partial charge in [-0.15, -0.1) is 11.3 Å². The molecular weight excluding hydrogens is 535 g/mol. The number of carbonyl (C=O) groups excluding carboxylic acids is 3. The summed E-state index contributed by atoms with van der Waals surface area (Å²) in [6.07, 6.45) is 0. The number of hydrogen-bond donors (Lipinski definition) is 1. The molecule has 0 radical (unpaired) electrons. The minimum absolute atomic E-state index is 0.0245.